The van der Waals surface area contributed by atoms with Crippen molar-refractivity contribution in [1.29, 1.82) is 0 Å². The van der Waals surface area contributed by atoms with Gasteiger partial charge in [0.2, 0.25) is 41.4 Å². The molecule has 1 aliphatic heterocycles. The summed E-state index contributed by atoms with van der Waals surface area (Å²) in [5.74, 6) is -6.00. The van der Waals surface area contributed by atoms with E-state index in [0.29, 0.717) is 18.1 Å². The van der Waals surface area contributed by atoms with Crippen molar-refractivity contribution < 1.29 is 48.6 Å². The standard InChI is InChI=1S/C29H50N8O10S/c1-6-15(4)23(36-26(44)17(7-8-20(30)39)34-27(45)19-12-48-13-33-19)28(46)37-24(16(5)38)29(47)35-18(9-14(2)3)25(43)32-10-21(40)31-11-22(41)42/h14-19,23-24,33,38H,6-13H2,1-5H3,(H2,30,39)(H,31,40)(H,32,43)(H,34,45)(H,35,47)(H,36,44)(H,37,46)(H,41,42)/t15-,16+,17-,18-,19-,23-,24-/m0/s1. The molecule has 48 heavy (non-hydrogen) atoms. The van der Waals surface area contributed by atoms with Crippen LogP contribution >= 0.6 is 11.8 Å². The number of nitrogens with one attached hydrogen (secondary N) is 7. The Labute approximate surface area is 283 Å². The minimum atomic E-state index is -1.57. The quantitative estimate of drug-likeness (QED) is 0.0562. The van der Waals surface area contributed by atoms with E-state index >= 15 is 0 Å². The molecule has 7 amide bonds. The van der Waals surface area contributed by atoms with E-state index in [0.717, 1.165) is 0 Å². The van der Waals surface area contributed by atoms with Crippen molar-refractivity contribution in [2.24, 2.45) is 17.6 Å². The number of aliphatic hydroxyl groups is 1. The summed E-state index contributed by atoms with van der Waals surface area (Å²) in [7, 11) is 0. The van der Waals surface area contributed by atoms with Gasteiger partial charge in [-0.15, -0.1) is 11.8 Å². The molecule has 272 valence electrons. The molecule has 0 saturated carbocycles. The first-order chi connectivity index (χ1) is 22.5. The number of amides is 7. The molecule has 7 atom stereocenters. The number of aliphatic carboxylic acids is 1. The fourth-order valence-corrected chi connectivity index (χ4v) is 5.43. The molecule has 1 saturated heterocycles. The van der Waals surface area contributed by atoms with Crippen LogP contribution in [-0.4, -0.2) is 119 Å². The van der Waals surface area contributed by atoms with Gasteiger partial charge < -0.3 is 47.8 Å². The minimum absolute atomic E-state index is 0.113. The molecule has 0 unspecified atom stereocenters. The van der Waals surface area contributed by atoms with Gasteiger partial charge in [0.05, 0.1) is 18.7 Å². The number of thioether (sulfide) groups is 1. The third kappa shape index (κ3) is 15.3. The number of carbonyl (C=O) groups excluding carboxylic acids is 7. The van der Waals surface area contributed by atoms with Crippen molar-refractivity contribution in [2.75, 3.05) is 24.7 Å². The van der Waals surface area contributed by atoms with Crippen LogP contribution in [0.3, 0.4) is 0 Å². The first-order valence-electron chi connectivity index (χ1n) is 15.7. The van der Waals surface area contributed by atoms with Gasteiger partial charge in [0, 0.05) is 18.1 Å². The number of carbonyl (C=O) groups is 8. The number of aliphatic hydroxyl groups excluding tert-OH is 1. The second-order valence-electron chi connectivity index (χ2n) is 12.0. The molecule has 0 radical (unpaired) electrons. The summed E-state index contributed by atoms with van der Waals surface area (Å²) in [5.41, 5.74) is 5.27. The summed E-state index contributed by atoms with van der Waals surface area (Å²) in [6.07, 6.45) is -1.27. The number of nitrogens with two attached hydrogens (primary N) is 1. The molecule has 0 aromatic heterocycles. The zero-order chi connectivity index (χ0) is 36.6. The first kappa shape index (κ1) is 42.1. The second-order valence-corrected chi connectivity index (χ2v) is 13.0. The molecule has 19 heteroatoms. The van der Waals surface area contributed by atoms with Crippen molar-refractivity contribution in [3.8, 4) is 0 Å². The highest BCUT2D eigenvalue weighted by Crippen LogP contribution is 2.13. The predicted molar refractivity (Wildman–Crippen MR) is 175 cm³/mol. The maximum atomic E-state index is 13.5. The van der Waals surface area contributed by atoms with Gasteiger partial charge in [0.1, 0.15) is 30.7 Å². The maximum Gasteiger partial charge on any atom is 0.322 e. The Bertz CT molecular complexity index is 1160. The molecule has 1 heterocycles. The van der Waals surface area contributed by atoms with Crippen molar-refractivity contribution in [2.45, 2.75) is 96.6 Å². The van der Waals surface area contributed by atoms with Crippen molar-refractivity contribution >= 4 is 59.1 Å². The average Bonchev–Trinajstić information content (AvgIpc) is 3.56. The van der Waals surface area contributed by atoms with Gasteiger partial charge in [0.15, 0.2) is 0 Å². The maximum absolute atomic E-state index is 13.5. The third-order valence-electron chi connectivity index (χ3n) is 7.40. The zero-order valence-corrected chi connectivity index (χ0v) is 28.7. The Morgan fingerprint density at radius 2 is 1.46 bits per heavy atom. The van der Waals surface area contributed by atoms with Crippen LogP contribution in [0.1, 0.15) is 60.3 Å². The van der Waals surface area contributed by atoms with Crippen LogP contribution < -0.4 is 43.0 Å². The van der Waals surface area contributed by atoms with Crippen molar-refractivity contribution in [3.63, 3.8) is 0 Å². The molecular weight excluding hydrogens is 652 g/mol. The van der Waals surface area contributed by atoms with E-state index in [4.69, 9.17) is 10.8 Å². The van der Waals surface area contributed by atoms with Crippen LogP contribution in [0, 0.1) is 11.8 Å². The lowest BCUT2D eigenvalue weighted by Gasteiger charge is -2.30. The lowest BCUT2D eigenvalue weighted by molar-refractivity contribution is -0.138. The summed E-state index contributed by atoms with van der Waals surface area (Å²) in [4.78, 5) is 99.8. The molecule has 1 rings (SSSR count). The molecule has 1 aliphatic rings. The lowest BCUT2D eigenvalue weighted by atomic mass is 9.96. The largest absolute Gasteiger partial charge is 0.480 e. The molecule has 0 bridgehead atoms. The highest BCUT2D eigenvalue weighted by atomic mass is 32.2. The van der Waals surface area contributed by atoms with Crippen LogP contribution in [0.15, 0.2) is 0 Å². The highest BCUT2D eigenvalue weighted by Gasteiger charge is 2.36. The topological polar surface area (TPSA) is 287 Å². The minimum Gasteiger partial charge on any atom is -0.480 e. The zero-order valence-electron chi connectivity index (χ0n) is 27.9. The summed E-state index contributed by atoms with van der Waals surface area (Å²) in [6.45, 7) is 7.05. The SMILES string of the molecule is CC[C@H](C)[C@H](NC(=O)[C@H](CCC(N)=O)NC(=O)[C@@H]1CSCN1)C(=O)N[C@H](C(=O)N[C@@H](CC(C)C)C(=O)NCC(=O)NCC(=O)O)[C@@H](C)O. The second kappa shape index (κ2) is 21.1. The van der Waals surface area contributed by atoms with Gasteiger partial charge in [-0.25, -0.2) is 0 Å². The number of primary amides is 1. The molecule has 18 nitrogen and oxygen atoms in total. The fourth-order valence-electron chi connectivity index (χ4n) is 4.49. The molecule has 1 fully saturated rings. The Balaban J connectivity index is 3.08. The smallest absolute Gasteiger partial charge is 0.322 e. The molecule has 0 aromatic rings. The number of rotatable bonds is 21. The summed E-state index contributed by atoms with van der Waals surface area (Å²) >= 11 is 1.50. The van der Waals surface area contributed by atoms with E-state index in [1.165, 1.54) is 18.7 Å². The van der Waals surface area contributed by atoms with Gasteiger partial charge >= 0.3 is 5.97 Å². The van der Waals surface area contributed by atoms with E-state index < -0.39 is 103 Å². The van der Waals surface area contributed by atoms with E-state index in [9.17, 15) is 43.5 Å². The summed E-state index contributed by atoms with van der Waals surface area (Å²) in [5, 5.41) is 36.7. The number of carboxylic acid groups (broad SMARTS) is 1. The van der Waals surface area contributed by atoms with Crippen LogP contribution in [0.2, 0.25) is 0 Å². The van der Waals surface area contributed by atoms with Gasteiger partial charge in [-0.05, 0) is 31.6 Å². The molecular formula is C29H50N8O10S. The fraction of sp³-hybridized carbons (Fsp3) is 0.724. The Kier molecular flexibility index (Phi) is 18.5. The average molecular weight is 703 g/mol. The normalized spacial score (nSPS) is 17.9. The number of hydrogen-bond acceptors (Lipinski definition) is 11. The van der Waals surface area contributed by atoms with Crippen LogP contribution in [-0.2, 0) is 38.4 Å². The van der Waals surface area contributed by atoms with E-state index in [1.54, 1.807) is 27.7 Å². The van der Waals surface area contributed by atoms with Gasteiger partial charge in [0.25, 0.3) is 0 Å². The van der Waals surface area contributed by atoms with Gasteiger partial charge in [-0.1, -0.05) is 34.1 Å². The van der Waals surface area contributed by atoms with Crippen LogP contribution in [0.4, 0.5) is 0 Å². The number of hydrogen-bond donors (Lipinski definition) is 10. The van der Waals surface area contributed by atoms with E-state index in [2.05, 4.69) is 37.2 Å². The molecule has 0 aromatic carbocycles. The number of carboxylic acids is 1. The van der Waals surface area contributed by atoms with Gasteiger partial charge in [-0.2, -0.15) is 0 Å². The molecule has 0 aliphatic carbocycles. The monoisotopic (exact) mass is 702 g/mol. The van der Waals surface area contributed by atoms with E-state index in [-0.39, 0.29) is 25.2 Å². The Hall–Kier alpha value is -3.97. The summed E-state index contributed by atoms with van der Waals surface area (Å²) in [6, 6.07) is -5.74. The van der Waals surface area contributed by atoms with Crippen LogP contribution in [0.25, 0.3) is 0 Å². The first-order valence-corrected chi connectivity index (χ1v) is 16.9. The van der Waals surface area contributed by atoms with E-state index in [1.807, 2.05) is 0 Å². The predicted octanol–water partition coefficient (Wildman–Crippen LogP) is -3.36. The molecule has 0 spiro atoms. The van der Waals surface area contributed by atoms with Crippen molar-refractivity contribution in [1.82, 2.24) is 37.2 Å². The Morgan fingerprint density at radius 1 is 0.833 bits per heavy atom. The van der Waals surface area contributed by atoms with Gasteiger partial charge in [-0.3, -0.25) is 43.7 Å². The van der Waals surface area contributed by atoms with Crippen molar-refractivity contribution in [3.05, 3.63) is 0 Å². The lowest BCUT2D eigenvalue weighted by Crippen LogP contribution is -2.62. The summed E-state index contributed by atoms with van der Waals surface area (Å²) < 4.78 is 0. The Morgan fingerprint density at radius 3 is 1.98 bits per heavy atom. The third-order valence-corrected chi connectivity index (χ3v) is 8.34. The molecule has 11 N–H and O–H groups in total. The highest BCUT2D eigenvalue weighted by molar-refractivity contribution is 7.99. The van der Waals surface area contributed by atoms with Crippen LogP contribution in [0.5, 0.6) is 0 Å².